The quantitative estimate of drug-likeness (QED) is 0.635. The van der Waals surface area contributed by atoms with E-state index in [1.54, 1.807) is 0 Å². The Morgan fingerprint density at radius 3 is 2.67 bits per heavy atom. The normalized spacial score (nSPS) is 44.1. The predicted molar refractivity (Wildman–Crippen MR) is 55.3 cm³/mol. The van der Waals surface area contributed by atoms with Gasteiger partial charge in [0.1, 0.15) is 0 Å². The van der Waals surface area contributed by atoms with Gasteiger partial charge in [0, 0.05) is 25.7 Å². The summed E-state index contributed by atoms with van der Waals surface area (Å²) in [7, 11) is 1.50. The van der Waals surface area contributed by atoms with E-state index >= 15 is 0 Å². The monoisotopic (exact) mass is 210 g/mol. The van der Waals surface area contributed by atoms with Crippen LogP contribution in [-0.4, -0.2) is 50.2 Å². The summed E-state index contributed by atoms with van der Waals surface area (Å²) in [5, 5.41) is 3.39. The Kier molecular flexibility index (Phi) is 2.21. The maximum Gasteiger partial charge on any atom is 0.309 e. The molecule has 4 nitrogen and oxygen atoms in total. The van der Waals surface area contributed by atoms with E-state index in [4.69, 9.17) is 4.74 Å². The van der Waals surface area contributed by atoms with Crippen LogP contribution in [-0.2, 0) is 9.53 Å². The van der Waals surface area contributed by atoms with Crippen LogP contribution in [0.5, 0.6) is 0 Å². The molecule has 2 saturated heterocycles. The van der Waals surface area contributed by atoms with Crippen LogP contribution >= 0.6 is 0 Å². The van der Waals surface area contributed by atoms with Crippen LogP contribution in [0.3, 0.4) is 0 Å². The minimum Gasteiger partial charge on any atom is -0.469 e. The number of nitrogens with zero attached hydrogens (tertiary/aromatic N) is 1. The number of nitrogens with one attached hydrogen (secondary N) is 1. The summed E-state index contributed by atoms with van der Waals surface area (Å²) < 4.78 is 4.80. The van der Waals surface area contributed by atoms with Crippen LogP contribution in [0.1, 0.15) is 6.42 Å². The lowest BCUT2D eigenvalue weighted by molar-refractivity contribution is -0.143. The molecule has 3 rings (SSSR count). The summed E-state index contributed by atoms with van der Waals surface area (Å²) in [6.07, 6.45) is 1.27. The molecule has 4 heteroatoms. The number of carbonyl (C=O) groups is 1. The number of rotatable bonds is 2. The number of hydrogen-bond donors (Lipinski definition) is 1. The fourth-order valence-corrected chi connectivity index (χ4v) is 3.29. The van der Waals surface area contributed by atoms with Crippen LogP contribution in [0.2, 0.25) is 0 Å². The van der Waals surface area contributed by atoms with Gasteiger partial charge in [0.2, 0.25) is 0 Å². The molecule has 0 bridgehead atoms. The van der Waals surface area contributed by atoms with Gasteiger partial charge in [-0.05, 0) is 24.8 Å². The molecular weight excluding hydrogens is 192 g/mol. The second kappa shape index (κ2) is 3.46. The van der Waals surface area contributed by atoms with Gasteiger partial charge in [0.15, 0.2) is 0 Å². The van der Waals surface area contributed by atoms with E-state index in [1.165, 1.54) is 13.5 Å². The predicted octanol–water partition coefficient (Wildman–Crippen LogP) is -0.301. The van der Waals surface area contributed by atoms with Gasteiger partial charge in [-0.25, -0.2) is 0 Å². The third-order valence-corrected chi connectivity index (χ3v) is 4.25. The van der Waals surface area contributed by atoms with Crippen LogP contribution in [0, 0.1) is 17.8 Å². The molecule has 0 aromatic heterocycles. The van der Waals surface area contributed by atoms with Crippen molar-refractivity contribution in [3.63, 3.8) is 0 Å². The van der Waals surface area contributed by atoms with E-state index in [0.29, 0.717) is 11.8 Å². The van der Waals surface area contributed by atoms with E-state index < -0.39 is 0 Å². The lowest BCUT2D eigenvalue weighted by Crippen LogP contribution is -2.37. The van der Waals surface area contributed by atoms with Crippen molar-refractivity contribution in [1.82, 2.24) is 10.2 Å². The Bertz CT molecular complexity index is 264. The number of hydrogen-bond acceptors (Lipinski definition) is 4. The van der Waals surface area contributed by atoms with Crippen molar-refractivity contribution in [3.8, 4) is 0 Å². The molecule has 3 fully saturated rings. The topological polar surface area (TPSA) is 41.6 Å². The molecule has 1 N–H and O–H groups in total. The Hall–Kier alpha value is -0.610. The molecule has 1 aliphatic carbocycles. The third kappa shape index (κ3) is 1.47. The van der Waals surface area contributed by atoms with Gasteiger partial charge in [-0.3, -0.25) is 9.69 Å². The van der Waals surface area contributed by atoms with E-state index in [9.17, 15) is 4.79 Å². The number of ether oxygens (including phenoxy) is 1. The molecule has 2 aliphatic heterocycles. The zero-order chi connectivity index (χ0) is 10.4. The fourth-order valence-electron chi connectivity index (χ4n) is 3.29. The average Bonchev–Trinajstić information content (AvgIpc) is 2.74. The van der Waals surface area contributed by atoms with E-state index in [1.807, 2.05) is 0 Å². The van der Waals surface area contributed by atoms with Gasteiger partial charge in [-0.2, -0.15) is 0 Å². The maximum atomic E-state index is 11.4. The van der Waals surface area contributed by atoms with E-state index in [2.05, 4.69) is 10.2 Å². The highest BCUT2D eigenvalue weighted by Crippen LogP contribution is 2.52. The highest BCUT2D eigenvalue weighted by molar-refractivity contribution is 5.76. The number of likely N-dealkylation sites (tertiary alicyclic amines) is 1. The third-order valence-electron chi connectivity index (χ3n) is 4.25. The van der Waals surface area contributed by atoms with Gasteiger partial charge < -0.3 is 10.1 Å². The summed E-state index contributed by atoms with van der Waals surface area (Å²) in [6, 6.07) is 0.719. The van der Waals surface area contributed by atoms with Crippen molar-refractivity contribution < 1.29 is 9.53 Å². The summed E-state index contributed by atoms with van der Waals surface area (Å²) >= 11 is 0. The molecule has 1 saturated carbocycles. The number of carbonyl (C=O) groups excluding carboxylic acids is 1. The lowest BCUT2D eigenvalue weighted by atomic mass is 10.2. The van der Waals surface area contributed by atoms with E-state index in [0.717, 1.165) is 32.2 Å². The van der Waals surface area contributed by atoms with Crippen molar-refractivity contribution in [2.45, 2.75) is 12.5 Å². The molecule has 0 radical (unpaired) electrons. The molecule has 15 heavy (non-hydrogen) atoms. The molecule has 2 heterocycles. The number of esters is 1. The van der Waals surface area contributed by atoms with Gasteiger partial charge in [-0.1, -0.05) is 0 Å². The summed E-state index contributed by atoms with van der Waals surface area (Å²) in [5.41, 5.74) is 0. The maximum absolute atomic E-state index is 11.4. The number of methoxy groups -OCH3 is 1. The second-order valence-electron chi connectivity index (χ2n) is 4.98. The van der Waals surface area contributed by atoms with E-state index in [-0.39, 0.29) is 11.9 Å². The first kappa shape index (κ1) is 9.60. The van der Waals surface area contributed by atoms with Crippen LogP contribution < -0.4 is 5.32 Å². The minimum atomic E-state index is 0.00852. The summed E-state index contributed by atoms with van der Waals surface area (Å²) in [5.74, 6) is 1.42. The number of piperidine rings is 1. The second-order valence-corrected chi connectivity index (χ2v) is 4.98. The molecule has 3 unspecified atom stereocenters. The Morgan fingerprint density at radius 2 is 2.13 bits per heavy atom. The minimum absolute atomic E-state index is 0.00852. The van der Waals surface area contributed by atoms with Gasteiger partial charge in [0.05, 0.1) is 13.0 Å². The van der Waals surface area contributed by atoms with Crippen molar-refractivity contribution in [3.05, 3.63) is 0 Å². The average molecular weight is 210 g/mol. The SMILES string of the molecule is COC(=O)C1C2CN(C3CCNC3)CC21. The van der Waals surface area contributed by atoms with Crippen molar-refractivity contribution in [2.24, 2.45) is 17.8 Å². The zero-order valence-corrected chi connectivity index (χ0v) is 9.11. The van der Waals surface area contributed by atoms with Gasteiger partial charge >= 0.3 is 5.97 Å². The zero-order valence-electron chi connectivity index (χ0n) is 9.11. The highest BCUT2D eigenvalue weighted by Gasteiger charge is 2.60. The molecule has 3 atom stereocenters. The molecule has 84 valence electrons. The molecule has 0 aromatic carbocycles. The number of fused-ring (bicyclic) bond motifs is 1. The molecule has 0 spiro atoms. The Balaban J connectivity index is 1.54. The van der Waals surface area contributed by atoms with Crippen molar-refractivity contribution in [2.75, 3.05) is 33.3 Å². The summed E-state index contributed by atoms with van der Waals surface area (Å²) in [6.45, 7) is 4.49. The smallest absolute Gasteiger partial charge is 0.309 e. The fraction of sp³-hybridized carbons (Fsp3) is 0.909. The largest absolute Gasteiger partial charge is 0.469 e. The summed E-state index contributed by atoms with van der Waals surface area (Å²) in [4.78, 5) is 13.9. The Labute approximate surface area is 90.0 Å². The van der Waals surface area contributed by atoms with Crippen molar-refractivity contribution >= 4 is 5.97 Å². The molecule has 3 aliphatic rings. The first-order valence-corrected chi connectivity index (χ1v) is 5.84. The lowest BCUT2D eigenvalue weighted by Gasteiger charge is -2.25. The molecule has 0 aromatic rings. The van der Waals surface area contributed by atoms with Gasteiger partial charge in [-0.15, -0.1) is 0 Å². The van der Waals surface area contributed by atoms with Crippen LogP contribution in [0.25, 0.3) is 0 Å². The standard InChI is InChI=1S/C11H18N2O2/c1-15-11(14)10-8-5-13(6-9(8)10)7-2-3-12-4-7/h7-10,12H,2-6H2,1H3. The molecule has 0 amide bonds. The van der Waals surface area contributed by atoms with Gasteiger partial charge in [0.25, 0.3) is 0 Å². The Morgan fingerprint density at radius 1 is 1.40 bits per heavy atom. The van der Waals surface area contributed by atoms with Crippen LogP contribution in [0.15, 0.2) is 0 Å². The first-order chi connectivity index (χ1) is 7.31. The van der Waals surface area contributed by atoms with Crippen LogP contribution in [0.4, 0.5) is 0 Å². The molecular formula is C11H18N2O2. The first-order valence-electron chi connectivity index (χ1n) is 5.84. The van der Waals surface area contributed by atoms with Crippen molar-refractivity contribution in [1.29, 1.82) is 0 Å². The highest BCUT2D eigenvalue weighted by atomic mass is 16.5.